The normalized spacial score (nSPS) is 15.2. The highest BCUT2D eigenvalue weighted by Gasteiger charge is 2.39. The topological polar surface area (TPSA) is 0 Å². The van der Waals surface area contributed by atoms with Crippen molar-refractivity contribution in [1.82, 2.24) is 0 Å². The number of hydrogen-bond acceptors (Lipinski definition) is 0. The van der Waals surface area contributed by atoms with E-state index in [0.717, 1.165) is 19.3 Å². The van der Waals surface area contributed by atoms with Gasteiger partial charge < -0.3 is 0 Å². The average Bonchev–Trinajstić information content (AvgIpc) is 3.68. The number of benzene rings is 4. The fourth-order valence-corrected chi connectivity index (χ4v) is 13.5. The smallest absolute Gasteiger partial charge is 0.0656 e. The molecular weight excluding hydrogens is 689 g/mol. The molecule has 0 saturated carbocycles. The SMILES string of the molecule is CC(C)CC(C)(C1=Cc2c(cccc2-c2cc([Si](C)(C)C)cc([Si](C)(C)C)c2)C1)C1=Cc2c(cccc2-c2cc([Si](C)(C)C)cc([Si](C)(C)C)c2)C1. The molecule has 4 heteroatoms. The van der Waals surface area contributed by atoms with Gasteiger partial charge in [-0.2, -0.15) is 0 Å². The molecule has 6 rings (SSSR count). The van der Waals surface area contributed by atoms with Crippen LogP contribution in [0.3, 0.4) is 0 Å². The second-order valence-electron chi connectivity index (χ2n) is 21.0. The van der Waals surface area contributed by atoms with Gasteiger partial charge in [0.2, 0.25) is 0 Å². The van der Waals surface area contributed by atoms with Crippen LogP contribution in [0.1, 0.15) is 49.4 Å². The third kappa shape index (κ3) is 7.73. The summed E-state index contributed by atoms with van der Waals surface area (Å²) in [6, 6.07) is 29.6. The second-order valence-corrected chi connectivity index (χ2v) is 41.3. The Labute approximate surface area is 321 Å². The van der Waals surface area contributed by atoms with Gasteiger partial charge in [-0.1, -0.05) is 216 Å². The van der Waals surface area contributed by atoms with Crippen LogP contribution in [0.25, 0.3) is 34.4 Å². The summed E-state index contributed by atoms with van der Waals surface area (Å²) in [6.45, 7) is 37.4. The first-order chi connectivity index (χ1) is 23.9. The van der Waals surface area contributed by atoms with Crippen LogP contribution in [0.15, 0.2) is 83.9 Å². The molecule has 52 heavy (non-hydrogen) atoms. The second kappa shape index (κ2) is 13.5. The van der Waals surface area contributed by atoms with E-state index in [1.807, 2.05) is 0 Å². The Morgan fingerprint density at radius 1 is 0.500 bits per heavy atom. The Balaban J connectivity index is 1.47. The summed E-state index contributed by atoms with van der Waals surface area (Å²) >= 11 is 0. The fraction of sp³-hybridized carbons (Fsp3) is 0.417. The lowest BCUT2D eigenvalue weighted by Gasteiger charge is -2.35. The molecule has 0 heterocycles. The van der Waals surface area contributed by atoms with Crippen molar-refractivity contribution in [3.63, 3.8) is 0 Å². The lowest BCUT2D eigenvalue weighted by molar-refractivity contribution is 0.363. The first kappa shape index (κ1) is 38.9. The van der Waals surface area contributed by atoms with E-state index >= 15 is 0 Å². The van der Waals surface area contributed by atoms with Crippen molar-refractivity contribution in [3.05, 3.63) is 106 Å². The molecule has 0 atom stereocenters. The molecule has 0 spiro atoms. The van der Waals surface area contributed by atoms with Crippen LogP contribution in [-0.2, 0) is 12.8 Å². The largest absolute Gasteiger partial charge is 0.0776 e. The van der Waals surface area contributed by atoms with Crippen LogP contribution in [0.5, 0.6) is 0 Å². The van der Waals surface area contributed by atoms with Crippen molar-refractivity contribution in [2.45, 2.75) is 119 Å². The van der Waals surface area contributed by atoms with Crippen molar-refractivity contribution in [2.24, 2.45) is 11.3 Å². The van der Waals surface area contributed by atoms with Gasteiger partial charge in [-0.05, 0) is 69.7 Å². The van der Waals surface area contributed by atoms with Crippen LogP contribution in [0.4, 0.5) is 0 Å². The quantitative estimate of drug-likeness (QED) is 0.141. The van der Waals surface area contributed by atoms with Crippen molar-refractivity contribution in [1.29, 1.82) is 0 Å². The number of allylic oxidation sites excluding steroid dienone is 2. The molecule has 4 aromatic carbocycles. The minimum atomic E-state index is -1.50. The van der Waals surface area contributed by atoms with Gasteiger partial charge in [-0.3, -0.25) is 0 Å². The monoisotopic (exact) mass is 754 g/mol. The van der Waals surface area contributed by atoms with E-state index in [-0.39, 0.29) is 5.41 Å². The molecule has 0 unspecified atom stereocenters. The zero-order valence-corrected chi connectivity index (χ0v) is 39.3. The van der Waals surface area contributed by atoms with Crippen LogP contribution < -0.4 is 20.7 Å². The third-order valence-corrected chi connectivity index (χ3v) is 20.1. The van der Waals surface area contributed by atoms with E-state index in [0.29, 0.717) is 5.92 Å². The highest BCUT2D eigenvalue weighted by molar-refractivity contribution is 6.92. The van der Waals surface area contributed by atoms with Crippen LogP contribution in [-0.4, -0.2) is 32.3 Å². The molecule has 0 fully saturated rings. The van der Waals surface area contributed by atoms with Gasteiger partial charge in [-0.15, -0.1) is 0 Å². The average molecular weight is 755 g/mol. The maximum absolute atomic E-state index is 2.63. The molecule has 2 aliphatic rings. The van der Waals surface area contributed by atoms with Gasteiger partial charge in [0.25, 0.3) is 0 Å². The molecule has 0 nitrogen and oxygen atoms in total. The van der Waals surface area contributed by atoms with Gasteiger partial charge in [0.05, 0.1) is 32.3 Å². The van der Waals surface area contributed by atoms with Crippen LogP contribution >= 0.6 is 0 Å². The summed E-state index contributed by atoms with van der Waals surface area (Å²) in [5, 5.41) is 6.35. The minimum absolute atomic E-state index is 0.00590. The van der Waals surface area contributed by atoms with Crippen molar-refractivity contribution in [3.8, 4) is 22.3 Å². The summed E-state index contributed by atoms with van der Waals surface area (Å²) in [5.74, 6) is 0.596. The minimum Gasteiger partial charge on any atom is -0.0656 e. The molecule has 0 radical (unpaired) electrons. The standard InChI is InChI=1S/C48H66Si4/c1-33(2)32-48(3,38-22-34-18-16-20-44(46(34)28-38)36-24-40(49(4,5)6)30-41(25-36)50(7,8)9)39-23-35-19-17-21-45(47(35)29-39)37-26-42(51(10,11)12)31-43(27-37)52(13,14)15/h16-21,24-31,33H,22-23,32H2,1-15H3. The summed E-state index contributed by atoms with van der Waals surface area (Å²) in [5.41, 5.74) is 14.8. The van der Waals surface area contributed by atoms with E-state index in [9.17, 15) is 0 Å². The molecule has 0 N–H and O–H groups in total. The van der Waals surface area contributed by atoms with E-state index in [4.69, 9.17) is 0 Å². The van der Waals surface area contributed by atoms with E-state index in [1.165, 1.54) is 44.5 Å². The van der Waals surface area contributed by atoms with E-state index < -0.39 is 32.3 Å². The van der Waals surface area contributed by atoms with Crippen LogP contribution in [0, 0.1) is 11.3 Å². The van der Waals surface area contributed by atoms with Crippen LogP contribution in [0.2, 0.25) is 78.6 Å². The zero-order valence-electron chi connectivity index (χ0n) is 35.3. The predicted octanol–water partition coefficient (Wildman–Crippen LogP) is 11.8. The van der Waals surface area contributed by atoms with Gasteiger partial charge >= 0.3 is 0 Å². The third-order valence-electron chi connectivity index (χ3n) is 12.0. The van der Waals surface area contributed by atoms with Gasteiger partial charge in [0.1, 0.15) is 0 Å². The highest BCUT2D eigenvalue weighted by atomic mass is 28.3. The number of hydrogen-bond donors (Lipinski definition) is 0. The van der Waals surface area contributed by atoms with Gasteiger partial charge in [0.15, 0.2) is 0 Å². The molecule has 0 saturated heterocycles. The van der Waals surface area contributed by atoms with E-state index in [1.54, 1.807) is 31.9 Å². The molecule has 0 amide bonds. The Hall–Kier alpha value is -2.77. The lowest BCUT2D eigenvalue weighted by atomic mass is 9.69. The Kier molecular flexibility index (Phi) is 10.1. The van der Waals surface area contributed by atoms with E-state index in [2.05, 4.69) is 184 Å². The first-order valence-corrected chi connectivity index (χ1v) is 33.9. The fourth-order valence-electron chi connectivity index (χ4n) is 8.53. The Morgan fingerprint density at radius 3 is 1.12 bits per heavy atom. The van der Waals surface area contributed by atoms with Crippen molar-refractivity contribution >= 4 is 65.2 Å². The highest BCUT2D eigenvalue weighted by Crippen LogP contribution is 2.51. The summed E-state index contributed by atoms with van der Waals surface area (Å²) in [4.78, 5) is 0. The molecule has 2 aliphatic carbocycles. The Morgan fingerprint density at radius 2 is 0.827 bits per heavy atom. The molecule has 0 aromatic heterocycles. The summed E-state index contributed by atoms with van der Waals surface area (Å²) < 4.78 is 0. The molecule has 4 aromatic rings. The molecular formula is C48H66Si4. The maximum Gasteiger partial charge on any atom is 0.0776 e. The maximum atomic E-state index is 2.63. The van der Waals surface area contributed by atoms with Gasteiger partial charge in [0, 0.05) is 5.41 Å². The molecule has 274 valence electrons. The van der Waals surface area contributed by atoms with Gasteiger partial charge in [-0.25, -0.2) is 0 Å². The van der Waals surface area contributed by atoms with Crippen molar-refractivity contribution < 1.29 is 0 Å². The summed E-state index contributed by atoms with van der Waals surface area (Å²) in [7, 11) is -5.98. The number of rotatable bonds is 10. The lowest BCUT2D eigenvalue weighted by Crippen LogP contribution is -2.45. The molecule has 0 aliphatic heterocycles. The predicted molar refractivity (Wildman–Crippen MR) is 247 cm³/mol. The zero-order chi connectivity index (χ0) is 38.2. The summed E-state index contributed by atoms with van der Waals surface area (Å²) in [6.07, 6.45) is 8.50. The number of fused-ring (bicyclic) bond motifs is 2. The first-order valence-electron chi connectivity index (χ1n) is 19.9. The molecule has 0 bridgehead atoms. The van der Waals surface area contributed by atoms with Crippen molar-refractivity contribution in [2.75, 3.05) is 0 Å². The Bertz CT molecular complexity index is 1870.